The summed E-state index contributed by atoms with van der Waals surface area (Å²) >= 11 is 0. The summed E-state index contributed by atoms with van der Waals surface area (Å²) in [6, 6.07) is 5.78. The number of carboxylic acids is 1. The van der Waals surface area contributed by atoms with Gasteiger partial charge in [-0.15, -0.1) is 0 Å². The summed E-state index contributed by atoms with van der Waals surface area (Å²) in [5.41, 5.74) is 6.37. The third kappa shape index (κ3) is 9.23. The SMILES string of the molecule is CCC(C)C(NC(=O)C1CCCN1)C(=O)NC(CCCCN)C(=O)NC(Cc1ccccc1)C(=O)O. The highest BCUT2D eigenvalue weighted by Gasteiger charge is 2.33. The molecule has 0 aromatic heterocycles. The maximum Gasteiger partial charge on any atom is 0.326 e. The van der Waals surface area contributed by atoms with Crippen LogP contribution in [0.25, 0.3) is 0 Å². The average molecular weight is 504 g/mol. The molecule has 10 heteroatoms. The lowest BCUT2D eigenvalue weighted by Crippen LogP contribution is -2.58. The van der Waals surface area contributed by atoms with Crippen LogP contribution >= 0.6 is 0 Å². The predicted molar refractivity (Wildman–Crippen MR) is 137 cm³/mol. The minimum atomic E-state index is -1.16. The van der Waals surface area contributed by atoms with E-state index in [4.69, 9.17) is 5.73 Å². The van der Waals surface area contributed by atoms with Crippen molar-refractivity contribution in [2.45, 2.75) is 83.0 Å². The van der Waals surface area contributed by atoms with E-state index in [2.05, 4.69) is 21.3 Å². The van der Waals surface area contributed by atoms with Crippen LogP contribution < -0.4 is 27.0 Å². The maximum atomic E-state index is 13.3. The van der Waals surface area contributed by atoms with E-state index in [0.29, 0.717) is 38.6 Å². The fraction of sp³-hybridized carbons (Fsp3) is 0.615. The molecule has 3 amide bonds. The number of nitrogens with two attached hydrogens (primary N) is 1. The van der Waals surface area contributed by atoms with Gasteiger partial charge in [-0.2, -0.15) is 0 Å². The normalized spacial score (nSPS) is 18.5. The van der Waals surface area contributed by atoms with Gasteiger partial charge in [0.1, 0.15) is 18.1 Å². The predicted octanol–water partition coefficient (Wildman–Crippen LogP) is 0.695. The first-order chi connectivity index (χ1) is 17.3. The molecule has 36 heavy (non-hydrogen) atoms. The smallest absolute Gasteiger partial charge is 0.326 e. The molecule has 1 aromatic rings. The maximum absolute atomic E-state index is 13.3. The molecule has 1 fully saturated rings. The first-order valence-electron chi connectivity index (χ1n) is 12.9. The highest BCUT2D eigenvalue weighted by molar-refractivity contribution is 5.94. The Hall–Kier alpha value is -2.98. The first-order valence-corrected chi connectivity index (χ1v) is 12.9. The van der Waals surface area contributed by atoms with Gasteiger partial charge in [0, 0.05) is 6.42 Å². The average Bonchev–Trinajstić information content (AvgIpc) is 3.41. The number of aliphatic carboxylic acids is 1. The van der Waals surface area contributed by atoms with Crippen molar-refractivity contribution in [1.82, 2.24) is 21.3 Å². The van der Waals surface area contributed by atoms with Gasteiger partial charge < -0.3 is 32.1 Å². The largest absolute Gasteiger partial charge is 0.480 e. The zero-order valence-electron chi connectivity index (χ0n) is 21.3. The summed E-state index contributed by atoms with van der Waals surface area (Å²) in [6.07, 6.45) is 3.92. The zero-order chi connectivity index (χ0) is 26.5. The molecule has 1 aromatic carbocycles. The number of amides is 3. The molecule has 1 saturated heterocycles. The fourth-order valence-corrected chi connectivity index (χ4v) is 4.21. The van der Waals surface area contributed by atoms with Crippen molar-refractivity contribution in [2.75, 3.05) is 13.1 Å². The molecule has 5 unspecified atom stereocenters. The third-order valence-electron chi connectivity index (χ3n) is 6.65. The van der Waals surface area contributed by atoms with Crippen molar-refractivity contribution in [3.05, 3.63) is 35.9 Å². The van der Waals surface area contributed by atoms with Gasteiger partial charge in [0.25, 0.3) is 0 Å². The minimum absolute atomic E-state index is 0.116. The molecular formula is C26H41N5O5. The van der Waals surface area contributed by atoms with E-state index >= 15 is 0 Å². The van der Waals surface area contributed by atoms with Crippen LogP contribution in [0.15, 0.2) is 30.3 Å². The molecule has 200 valence electrons. The summed E-state index contributed by atoms with van der Waals surface area (Å²) in [5, 5.41) is 21.0. The second-order valence-corrected chi connectivity index (χ2v) is 9.46. The third-order valence-corrected chi connectivity index (χ3v) is 6.65. The Bertz CT molecular complexity index is 860. The van der Waals surface area contributed by atoms with Crippen molar-refractivity contribution >= 4 is 23.7 Å². The Morgan fingerprint density at radius 1 is 1.06 bits per heavy atom. The summed E-state index contributed by atoms with van der Waals surface area (Å²) in [6.45, 7) is 5.00. The van der Waals surface area contributed by atoms with Gasteiger partial charge in [-0.25, -0.2) is 4.79 Å². The van der Waals surface area contributed by atoms with E-state index in [-0.39, 0.29) is 24.3 Å². The monoisotopic (exact) mass is 503 g/mol. The molecule has 0 bridgehead atoms. The van der Waals surface area contributed by atoms with Gasteiger partial charge >= 0.3 is 5.97 Å². The van der Waals surface area contributed by atoms with Crippen LogP contribution in [0, 0.1) is 5.92 Å². The van der Waals surface area contributed by atoms with E-state index in [0.717, 1.165) is 18.5 Å². The van der Waals surface area contributed by atoms with Crippen LogP contribution in [0.2, 0.25) is 0 Å². The second-order valence-electron chi connectivity index (χ2n) is 9.46. The van der Waals surface area contributed by atoms with Gasteiger partial charge in [0.15, 0.2) is 0 Å². The Labute approximate surface area is 213 Å². The van der Waals surface area contributed by atoms with Crippen LogP contribution in [-0.4, -0.2) is 66.1 Å². The second kappa shape index (κ2) is 15.2. The highest BCUT2D eigenvalue weighted by atomic mass is 16.4. The van der Waals surface area contributed by atoms with Crippen molar-refractivity contribution in [1.29, 1.82) is 0 Å². The molecule has 0 saturated carbocycles. The molecule has 0 spiro atoms. The number of carbonyl (C=O) groups excluding carboxylic acids is 3. The molecule has 1 aliphatic rings. The van der Waals surface area contributed by atoms with E-state index in [1.165, 1.54) is 0 Å². The van der Waals surface area contributed by atoms with Gasteiger partial charge in [-0.05, 0) is 56.7 Å². The lowest BCUT2D eigenvalue weighted by Gasteiger charge is -2.28. The molecule has 2 rings (SSSR count). The molecule has 0 aliphatic carbocycles. The van der Waals surface area contributed by atoms with E-state index in [1.54, 1.807) is 24.3 Å². The Balaban J connectivity index is 2.12. The van der Waals surface area contributed by atoms with Crippen LogP contribution in [-0.2, 0) is 25.6 Å². The number of nitrogens with one attached hydrogen (secondary N) is 4. The first kappa shape index (κ1) is 29.3. The zero-order valence-corrected chi connectivity index (χ0v) is 21.3. The van der Waals surface area contributed by atoms with Gasteiger partial charge in [-0.3, -0.25) is 14.4 Å². The Morgan fingerprint density at radius 2 is 1.75 bits per heavy atom. The molecule has 5 atom stereocenters. The van der Waals surface area contributed by atoms with Crippen molar-refractivity contribution in [2.24, 2.45) is 11.7 Å². The number of carboxylic acid groups (broad SMARTS) is 1. The van der Waals surface area contributed by atoms with E-state index < -0.39 is 35.9 Å². The summed E-state index contributed by atoms with van der Waals surface area (Å²) in [5.74, 6) is -2.58. The lowest BCUT2D eigenvalue weighted by atomic mass is 9.96. The van der Waals surface area contributed by atoms with Gasteiger partial charge in [-0.1, -0.05) is 50.6 Å². The Kier molecular flexibility index (Phi) is 12.4. The van der Waals surface area contributed by atoms with Crippen LogP contribution in [0.4, 0.5) is 0 Å². The van der Waals surface area contributed by atoms with Gasteiger partial charge in [0.05, 0.1) is 6.04 Å². The standard InChI is InChI=1S/C26H41N5O5/c1-3-17(2)22(31-23(32)19-13-9-15-28-19)25(34)29-20(12-7-8-14-27)24(33)30-21(26(35)36)16-18-10-5-4-6-11-18/h4-6,10-11,17,19-22,28H,3,7-9,12-16,27H2,1-2H3,(H,29,34)(H,30,33)(H,31,32)(H,35,36). The molecule has 10 nitrogen and oxygen atoms in total. The Morgan fingerprint density at radius 3 is 2.33 bits per heavy atom. The number of hydrogen-bond donors (Lipinski definition) is 6. The van der Waals surface area contributed by atoms with Crippen LogP contribution in [0.1, 0.15) is 57.9 Å². The van der Waals surface area contributed by atoms with E-state index in [1.807, 2.05) is 19.9 Å². The topological polar surface area (TPSA) is 163 Å². The number of carbonyl (C=O) groups is 4. The molecule has 7 N–H and O–H groups in total. The number of hydrogen-bond acceptors (Lipinski definition) is 6. The number of benzene rings is 1. The summed E-state index contributed by atoms with van der Waals surface area (Å²) < 4.78 is 0. The van der Waals surface area contributed by atoms with Crippen LogP contribution in [0.5, 0.6) is 0 Å². The van der Waals surface area contributed by atoms with Crippen molar-refractivity contribution in [3.8, 4) is 0 Å². The summed E-state index contributed by atoms with van der Waals surface area (Å²) in [4.78, 5) is 51.0. The van der Waals surface area contributed by atoms with Crippen molar-refractivity contribution < 1.29 is 24.3 Å². The molecule has 0 radical (unpaired) electrons. The number of rotatable bonds is 15. The number of unbranched alkanes of at least 4 members (excludes halogenated alkanes) is 1. The summed E-state index contributed by atoms with van der Waals surface area (Å²) in [7, 11) is 0. The fourth-order valence-electron chi connectivity index (χ4n) is 4.21. The van der Waals surface area contributed by atoms with Gasteiger partial charge in [0.2, 0.25) is 17.7 Å². The van der Waals surface area contributed by atoms with Crippen molar-refractivity contribution in [3.63, 3.8) is 0 Å². The quantitative estimate of drug-likeness (QED) is 0.192. The molecule has 1 heterocycles. The van der Waals surface area contributed by atoms with Crippen LogP contribution in [0.3, 0.4) is 0 Å². The van der Waals surface area contributed by atoms with E-state index in [9.17, 15) is 24.3 Å². The molecule has 1 aliphatic heterocycles. The highest BCUT2D eigenvalue weighted by Crippen LogP contribution is 2.12. The minimum Gasteiger partial charge on any atom is -0.480 e. The lowest BCUT2D eigenvalue weighted by molar-refractivity contribution is -0.142. The molecular weight excluding hydrogens is 462 g/mol.